The molecule has 1 saturated heterocycles. The zero-order valence-electron chi connectivity index (χ0n) is 16.0. The topological polar surface area (TPSA) is 90.0 Å². The molecule has 2 unspecified atom stereocenters. The number of anilines is 1. The van der Waals surface area contributed by atoms with E-state index in [1.54, 1.807) is 23.2 Å². The van der Waals surface area contributed by atoms with Gasteiger partial charge in [0.2, 0.25) is 0 Å². The largest absolute Gasteiger partial charge is 0.382 e. The minimum atomic E-state index is -3.29. The van der Waals surface area contributed by atoms with Crippen molar-refractivity contribution in [1.29, 1.82) is 0 Å². The molecular formula is C19H25F3N6O. The second-order valence-electron chi connectivity index (χ2n) is 7.46. The van der Waals surface area contributed by atoms with E-state index in [1.807, 2.05) is 0 Å². The summed E-state index contributed by atoms with van der Waals surface area (Å²) in [6.45, 7) is 2.76. The molecule has 0 bridgehead atoms. The number of aromatic amines is 1. The third-order valence-corrected chi connectivity index (χ3v) is 5.46. The van der Waals surface area contributed by atoms with Gasteiger partial charge in [0, 0.05) is 41.0 Å². The first-order valence-electron chi connectivity index (χ1n) is 9.23. The molecule has 29 heavy (non-hydrogen) atoms. The van der Waals surface area contributed by atoms with Crippen LogP contribution in [0.25, 0.3) is 22.4 Å². The normalized spacial score (nSPS) is 20.1. The van der Waals surface area contributed by atoms with E-state index in [4.69, 9.17) is 0 Å². The molecule has 0 saturated carbocycles. The summed E-state index contributed by atoms with van der Waals surface area (Å²) < 4.78 is 42.3. The van der Waals surface area contributed by atoms with E-state index >= 15 is 0 Å². The van der Waals surface area contributed by atoms with Crippen LogP contribution in [-0.4, -0.2) is 62.5 Å². The molecule has 3 aromatic heterocycles. The standard InChI is InChI=1S/C19H21F3N6O.2H2/c1-18(29,19(2,21)22)13-10-28(9-8-23-13)14-6-5-12(20)16(25-14)15-11-4-3-7-24-17(11)27-26-15;;/h3-7,13,23,29H,8-10H2,1-2H3,(H,24,26,27);2*1H. The van der Waals surface area contributed by atoms with Crippen LogP contribution in [0.15, 0.2) is 30.5 Å². The second kappa shape index (κ2) is 6.96. The van der Waals surface area contributed by atoms with Gasteiger partial charge in [-0.05, 0) is 31.2 Å². The Balaban J connectivity index is 0.00000171. The number of fused-ring (bicyclic) bond motifs is 1. The van der Waals surface area contributed by atoms with Crippen molar-refractivity contribution in [3.8, 4) is 11.4 Å². The average molecular weight is 410 g/mol. The van der Waals surface area contributed by atoms with E-state index in [0.29, 0.717) is 42.6 Å². The molecule has 1 aliphatic rings. The summed E-state index contributed by atoms with van der Waals surface area (Å²) in [4.78, 5) is 10.3. The number of hydrogen-bond acceptors (Lipinski definition) is 6. The highest BCUT2D eigenvalue weighted by molar-refractivity contribution is 5.89. The van der Waals surface area contributed by atoms with Gasteiger partial charge in [-0.2, -0.15) is 5.10 Å². The monoisotopic (exact) mass is 410 g/mol. The van der Waals surface area contributed by atoms with Gasteiger partial charge in [-0.1, -0.05) is 0 Å². The Morgan fingerprint density at radius 1 is 1.28 bits per heavy atom. The van der Waals surface area contributed by atoms with Crippen LogP contribution in [0.4, 0.5) is 19.0 Å². The number of nitrogens with zero attached hydrogens (tertiary/aromatic N) is 4. The summed E-state index contributed by atoms with van der Waals surface area (Å²) in [5.74, 6) is -3.41. The third kappa shape index (κ3) is 3.42. The van der Waals surface area contributed by atoms with Crippen molar-refractivity contribution < 1.29 is 21.1 Å². The van der Waals surface area contributed by atoms with Crippen LogP contribution in [0, 0.1) is 5.82 Å². The number of rotatable bonds is 4. The van der Waals surface area contributed by atoms with Gasteiger partial charge in [0.1, 0.15) is 17.1 Å². The lowest BCUT2D eigenvalue weighted by atomic mass is 9.88. The highest BCUT2D eigenvalue weighted by Crippen LogP contribution is 2.33. The first-order valence-corrected chi connectivity index (χ1v) is 9.23. The molecular weight excluding hydrogens is 385 g/mol. The minimum absolute atomic E-state index is 0. The summed E-state index contributed by atoms with van der Waals surface area (Å²) in [5, 5.41) is 20.8. The van der Waals surface area contributed by atoms with Crippen molar-refractivity contribution in [2.24, 2.45) is 0 Å². The average Bonchev–Trinajstić information content (AvgIpc) is 3.11. The van der Waals surface area contributed by atoms with E-state index in [2.05, 4.69) is 25.5 Å². The van der Waals surface area contributed by atoms with Crippen molar-refractivity contribution in [1.82, 2.24) is 25.5 Å². The minimum Gasteiger partial charge on any atom is -0.382 e. The molecule has 7 nitrogen and oxygen atoms in total. The van der Waals surface area contributed by atoms with Gasteiger partial charge >= 0.3 is 0 Å². The first kappa shape index (κ1) is 19.6. The number of aromatic nitrogens is 4. The number of hydrogen-bond donors (Lipinski definition) is 3. The van der Waals surface area contributed by atoms with Gasteiger partial charge in [0.15, 0.2) is 11.5 Å². The summed E-state index contributed by atoms with van der Waals surface area (Å²) in [5.41, 5.74) is -1.34. The SMILES string of the molecule is CC(F)(F)C(C)(O)C1CN(c2ccc(F)c(-c3[nH]nc4ncccc34)n2)CCN1.[HH].[HH]. The van der Waals surface area contributed by atoms with E-state index < -0.39 is 23.4 Å². The summed E-state index contributed by atoms with van der Waals surface area (Å²) >= 11 is 0. The number of nitrogens with one attached hydrogen (secondary N) is 2. The third-order valence-electron chi connectivity index (χ3n) is 5.46. The predicted molar refractivity (Wildman–Crippen MR) is 107 cm³/mol. The fourth-order valence-electron chi connectivity index (χ4n) is 3.45. The molecule has 3 N–H and O–H groups in total. The van der Waals surface area contributed by atoms with Gasteiger partial charge < -0.3 is 15.3 Å². The second-order valence-corrected chi connectivity index (χ2v) is 7.46. The molecule has 3 aromatic rings. The molecule has 0 amide bonds. The van der Waals surface area contributed by atoms with Crippen molar-refractivity contribution in [2.45, 2.75) is 31.4 Å². The molecule has 158 valence electrons. The lowest BCUT2D eigenvalue weighted by Crippen LogP contribution is -2.65. The van der Waals surface area contributed by atoms with Crippen LogP contribution in [0.3, 0.4) is 0 Å². The maximum Gasteiger partial charge on any atom is 0.274 e. The molecule has 4 heterocycles. The number of piperazine rings is 1. The Hall–Kier alpha value is -2.72. The van der Waals surface area contributed by atoms with Crippen LogP contribution in [0.1, 0.15) is 16.7 Å². The molecule has 1 aliphatic heterocycles. The van der Waals surface area contributed by atoms with Gasteiger partial charge in [-0.25, -0.2) is 23.1 Å². The predicted octanol–water partition coefficient (Wildman–Crippen LogP) is 2.84. The number of pyridine rings is 2. The molecule has 0 radical (unpaired) electrons. The van der Waals surface area contributed by atoms with E-state index in [0.717, 1.165) is 6.92 Å². The lowest BCUT2D eigenvalue weighted by molar-refractivity contribution is -0.174. The zero-order chi connectivity index (χ0) is 20.8. The van der Waals surface area contributed by atoms with E-state index in [1.165, 1.54) is 12.1 Å². The number of H-pyrrole nitrogens is 1. The summed E-state index contributed by atoms with van der Waals surface area (Å²) in [6, 6.07) is 5.37. The van der Waals surface area contributed by atoms with Gasteiger partial charge in [-0.3, -0.25) is 5.10 Å². The summed E-state index contributed by atoms with van der Waals surface area (Å²) in [6.07, 6.45) is 1.59. The maximum atomic E-state index is 14.5. The van der Waals surface area contributed by atoms with Crippen LogP contribution in [-0.2, 0) is 0 Å². The van der Waals surface area contributed by atoms with Crippen molar-refractivity contribution >= 4 is 16.9 Å². The highest BCUT2D eigenvalue weighted by atomic mass is 19.3. The highest BCUT2D eigenvalue weighted by Gasteiger charge is 2.51. The van der Waals surface area contributed by atoms with E-state index in [-0.39, 0.29) is 15.1 Å². The first-order chi connectivity index (χ1) is 13.7. The molecule has 4 rings (SSSR count). The van der Waals surface area contributed by atoms with Gasteiger partial charge in [-0.15, -0.1) is 0 Å². The molecule has 1 fully saturated rings. The molecule has 10 heteroatoms. The number of halogens is 3. The van der Waals surface area contributed by atoms with Crippen LogP contribution < -0.4 is 10.2 Å². The van der Waals surface area contributed by atoms with Gasteiger partial charge in [0.05, 0.1) is 11.7 Å². The van der Waals surface area contributed by atoms with Gasteiger partial charge in [0.25, 0.3) is 5.92 Å². The fraction of sp³-hybridized carbons (Fsp3) is 0.421. The molecule has 2 atom stereocenters. The Labute approximate surface area is 167 Å². The maximum absolute atomic E-state index is 14.5. The van der Waals surface area contributed by atoms with E-state index in [9.17, 15) is 18.3 Å². The summed E-state index contributed by atoms with van der Waals surface area (Å²) in [7, 11) is 0. The zero-order valence-corrected chi connectivity index (χ0v) is 16.0. The Morgan fingerprint density at radius 3 is 2.83 bits per heavy atom. The molecule has 0 aliphatic carbocycles. The van der Waals surface area contributed by atoms with Crippen LogP contribution >= 0.6 is 0 Å². The van der Waals surface area contributed by atoms with Crippen molar-refractivity contribution in [2.75, 3.05) is 24.5 Å². The van der Waals surface area contributed by atoms with Crippen molar-refractivity contribution in [3.63, 3.8) is 0 Å². The Kier molecular flexibility index (Phi) is 4.70. The lowest BCUT2D eigenvalue weighted by Gasteiger charge is -2.43. The smallest absolute Gasteiger partial charge is 0.274 e. The number of aliphatic hydroxyl groups is 1. The quantitative estimate of drug-likeness (QED) is 0.613. The van der Waals surface area contributed by atoms with Crippen LogP contribution in [0.2, 0.25) is 0 Å². The Morgan fingerprint density at radius 2 is 2.07 bits per heavy atom. The van der Waals surface area contributed by atoms with Crippen molar-refractivity contribution in [3.05, 3.63) is 36.3 Å². The molecule has 0 aromatic carbocycles. The number of alkyl halides is 2. The van der Waals surface area contributed by atoms with Crippen LogP contribution in [0.5, 0.6) is 0 Å². The fourth-order valence-corrected chi connectivity index (χ4v) is 3.45. The molecule has 0 spiro atoms. The Bertz CT molecular complexity index is 1040.